The monoisotopic (exact) mass is 371 g/mol. The lowest BCUT2D eigenvalue weighted by Gasteiger charge is -2.05. The molecule has 118 valence electrons. The maximum absolute atomic E-state index is 12.6. The van der Waals surface area contributed by atoms with Gasteiger partial charge in [-0.25, -0.2) is 4.98 Å². The van der Waals surface area contributed by atoms with Crippen LogP contribution in [0.25, 0.3) is 21.5 Å². The molecule has 24 heavy (non-hydrogen) atoms. The van der Waals surface area contributed by atoms with Gasteiger partial charge >= 0.3 is 0 Å². The standard InChI is InChI=1S/C17H10ClN3OS2/c18-15-6-5-14(24-15)13-9-23-17(20-13)21-16(22)11-7-8-19-12-4-2-1-3-10(11)12/h1-9H,(H,20,21,22). The van der Waals surface area contributed by atoms with Crippen molar-refractivity contribution in [1.82, 2.24) is 9.97 Å². The third-order valence-electron chi connectivity index (χ3n) is 3.44. The number of halogens is 1. The zero-order valence-corrected chi connectivity index (χ0v) is 14.6. The Morgan fingerprint density at radius 1 is 1.12 bits per heavy atom. The average molecular weight is 372 g/mol. The number of nitrogens with zero attached hydrogens (tertiary/aromatic N) is 2. The fourth-order valence-corrected chi connectivity index (χ4v) is 4.14. The van der Waals surface area contributed by atoms with Crippen LogP contribution < -0.4 is 5.32 Å². The minimum Gasteiger partial charge on any atom is -0.298 e. The molecule has 1 N–H and O–H groups in total. The summed E-state index contributed by atoms with van der Waals surface area (Å²) in [5.74, 6) is -0.196. The summed E-state index contributed by atoms with van der Waals surface area (Å²) in [6, 6.07) is 13.0. The van der Waals surface area contributed by atoms with Crippen LogP contribution in [0.2, 0.25) is 4.34 Å². The molecule has 3 heterocycles. The van der Waals surface area contributed by atoms with Crippen LogP contribution in [-0.2, 0) is 0 Å². The molecule has 0 unspecified atom stereocenters. The van der Waals surface area contributed by atoms with E-state index in [0.717, 1.165) is 21.5 Å². The summed E-state index contributed by atoms with van der Waals surface area (Å²) in [5.41, 5.74) is 2.18. The number of thiophene rings is 1. The van der Waals surface area contributed by atoms with Gasteiger partial charge in [0.25, 0.3) is 5.91 Å². The maximum Gasteiger partial charge on any atom is 0.258 e. The number of hydrogen-bond donors (Lipinski definition) is 1. The lowest BCUT2D eigenvalue weighted by atomic mass is 10.1. The minimum atomic E-state index is -0.196. The topological polar surface area (TPSA) is 54.9 Å². The Bertz CT molecular complexity index is 1040. The second kappa shape index (κ2) is 6.32. The smallest absolute Gasteiger partial charge is 0.258 e. The Hall–Kier alpha value is -2.28. The van der Waals surface area contributed by atoms with E-state index in [0.29, 0.717) is 15.0 Å². The van der Waals surface area contributed by atoms with Crippen LogP contribution in [0.3, 0.4) is 0 Å². The van der Waals surface area contributed by atoms with Crippen LogP contribution >= 0.6 is 34.3 Å². The number of anilines is 1. The lowest BCUT2D eigenvalue weighted by Crippen LogP contribution is -2.12. The van der Waals surface area contributed by atoms with Crippen LogP contribution in [0.15, 0.2) is 54.0 Å². The van der Waals surface area contributed by atoms with Gasteiger partial charge in [0, 0.05) is 17.0 Å². The first-order valence-electron chi connectivity index (χ1n) is 7.07. The number of aromatic nitrogens is 2. The molecule has 0 saturated heterocycles. The number of pyridine rings is 1. The summed E-state index contributed by atoms with van der Waals surface area (Å²) >= 11 is 8.80. The van der Waals surface area contributed by atoms with Crippen molar-refractivity contribution in [3.05, 3.63) is 63.9 Å². The fourth-order valence-electron chi connectivity index (χ4n) is 2.35. The zero-order valence-electron chi connectivity index (χ0n) is 12.2. The van der Waals surface area contributed by atoms with Gasteiger partial charge < -0.3 is 0 Å². The van der Waals surface area contributed by atoms with Crippen molar-refractivity contribution in [3.8, 4) is 10.6 Å². The average Bonchev–Trinajstić information content (AvgIpc) is 3.23. The molecule has 1 aromatic carbocycles. The highest BCUT2D eigenvalue weighted by Crippen LogP contribution is 2.33. The molecule has 0 aliphatic carbocycles. The molecule has 4 rings (SSSR count). The first-order valence-corrected chi connectivity index (χ1v) is 9.14. The van der Waals surface area contributed by atoms with Crippen LogP contribution in [0.4, 0.5) is 5.13 Å². The molecule has 0 atom stereocenters. The predicted molar refractivity (Wildman–Crippen MR) is 100 cm³/mol. The number of carbonyl (C=O) groups is 1. The number of benzene rings is 1. The van der Waals surface area contributed by atoms with Gasteiger partial charge in [0.05, 0.1) is 26.0 Å². The Morgan fingerprint density at radius 2 is 2.00 bits per heavy atom. The van der Waals surface area contributed by atoms with E-state index in [1.54, 1.807) is 12.3 Å². The van der Waals surface area contributed by atoms with Crippen LogP contribution in [0, 0.1) is 0 Å². The van der Waals surface area contributed by atoms with E-state index in [1.165, 1.54) is 22.7 Å². The van der Waals surface area contributed by atoms with Crippen LogP contribution in [0.1, 0.15) is 10.4 Å². The number of nitrogens with one attached hydrogen (secondary N) is 1. The molecule has 0 fully saturated rings. The predicted octanol–water partition coefficient (Wildman–Crippen LogP) is 5.33. The van der Waals surface area contributed by atoms with Crippen LogP contribution in [-0.4, -0.2) is 15.9 Å². The zero-order chi connectivity index (χ0) is 16.5. The normalized spacial score (nSPS) is 10.9. The molecule has 1 amide bonds. The quantitative estimate of drug-likeness (QED) is 0.529. The molecule has 4 aromatic rings. The number of rotatable bonds is 3. The van der Waals surface area contributed by atoms with Crippen molar-refractivity contribution in [2.24, 2.45) is 0 Å². The van der Waals surface area contributed by atoms with Crippen molar-refractivity contribution in [2.75, 3.05) is 5.32 Å². The van der Waals surface area contributed by atoms with E-state index in [-0.39, 0.29) is 5.91 Å². The largest absolute Gasteiger partial charge is 0.298 e. The van der Waals surface area contributed by atoms with Crippen molar-refractivity contribution >= 4 is 56.2 Å². The highest BCUT2D eigenvalue weighted by molar-refractivity contribution is 7.20. The van der Waals surface area contributed by atoms with Gasteiger partial charge in [-0.3, -0.25) is 15.1 Å². The van der Waals surface area contributed by atoms with Crippen molar-refractivity contribution in [2.45, 2.75) is 0 Å². The van der Waals surface area contributed by atoms with Gasteiger partial charge in [-0.05, 0) is 24.3 Å². The molecule has 0 spiro atoms. The van der Waals surface area contributed by atoms with E-state index < -0.39 is 0 Å². The number of carbonyl (C=O) groups excluding carboxylic acids is 1. The third kappa shape index (κ3) is 2.91. The molecule has 7 heteroatoms. The molecule has 3 aromatic heterocycles. The van der Waals surface area contributed by atoms with Gasteiger partial charge in [-0.15, -0.1) is 22.7 Å². The third-order valence-corrected chi connectivity index (χ3v) is 5.46. The highest BCUT2D eigenvalue weighted by Gasteiger charge is 2.13. The molecule has 0 bridgehead atoms. The first-order chi connectivity index (χ1) is 11.7. The molecule has 0 radical (unpaired) electrons. The van der Waals surface area contributed by atoms with Crippen molar-refractivity contribution < 1.29 is 4.79 Å². The summed E-state index contributed by atoms with van der Waals surface area (Å²) in [6.45, 7) is 0. The summed E-state index contributed by atoms with van der Waals surface area (Å²) in [5, 5.41) is 6.14. The van der Waals surface area contributed by atoms with Gasteiger partial charge in [-0.2, -0.15) is 0 Å². The molecule has 0 saturated carbocycles. The maximum atomic E-state index is 12.6. The summed E-state index contributed by atoms with van der Waals surface area (Å²) < 4.78 is 0.715. The van der Waals surface area contributed by atoms with Crippen LogP contribution in [0.5, 0.6) is 0 Å². The number of hydrogen-bond acceptors (Lipinski definition) is 5. The SMILES string of the molecule is O=C(Nc1nc(-c2ccc(Cl)s2)cs1)c1ccnc2ccccc12. The Morgan fingerprint density at radius 3 is 2.83 bits per heavy atom. The number of thiazole rings is 1. The van der Waals surface area contributed by atoms with E-state index in [9.17, 15) is 4.79 Å². The molecule has 0 aliphatic heterocycles. The number of fused-ring (bicyclic) bond motifs is 1. The number of amides is 1. The highest BCUT2D eigenvalue weighted by atomic mass is 35.5. The van der Waals surface area contributed by atoms with E-state index >= 15 is 0 Å². The molecular weight excluding hydrogens is 362 g/mol. The summed E-state index contributed by atoms with van der Waals surface area (Å²) in [4.78, 5) is 22.3. The Balaban J connectivity index is 1.61. The Labute approximate surface area is 150 Å². The van der Waals surface area contributed by atoms with Gasteiger partial charge in [-0.1, -0.05) is 29.8 Å². The minimum absolute atomic E-state index is 0.196. The van der Waals surface area contributed by atoms with Gasteiger partial charge in [0.1, 0.15) is 0 Å². The lowest BCUT2D eigenvalue weighted by molar-refractivity contribution is 0.102. The van der Waals surface area contributed by atoms with Crippen molar-refractivity contribution in [3.63, 3.8) is 0 Å². The Kier molecular flexibility index (Phi) is 4.02. The summed E-state index contributed by atoms with van der Waals surface area (Å²) in [6.07, 6.45) is 1.64. The summed E-state index contributed by atoms with van der Waals surface area (Å²) in [7, 11) is 0. The molecular formula is C17H10ClN3OS2. The van der Waals surface area contributed by atoms with Gasteiger partial charge in [0.15, 0.2) is 5.13 Å². The number of para-hydroxylation sites is 1. The first kappa shape index (κ1) is 15.3. The molecule has 0 aliphatic rings. The van der Waals surface area contributed by atoms with E-state index in [1.807, 2.05) is 41.8 Å². The van der Waals surface area contributed by atoms with Crippen molar-refractivity contribution in [1.29, 1.82) is 0 Å². The van der Waals surface area contributed by atoms with Gasteiger partial charge in [0.2, 0.25) is 0 Å². The van der Waals surface area contributed by atoms with E-state index in [2.05, 4.69) is 15.3 Å². The second-order valence-electron chi connectivity index (χ2n) is 4.97. The second-order valence-corrected chi connectivity index (χ2v) is 7.54. The van der Waals surface area contributed by atoms with E-state index in [4.69, 9.17) is 11.6 Å². The molecule has 4 nitrogen and oxygen atoms in total. The fraction of sp³-hybridized carbons (Fsp3) is 0.